The zero-order valence-corrected chi connectivity index (χ0v) is 19.9. The van der Waals surface area contributed by atoms with Crippen LogP contribution in [0.4, 0.5) is 0 Å². The molecule has 34 heavy (non-hydrogen) atoms. The normalized spacial score (nSPS) is 18.5. The van der Waals surface area contributed by atoms with Crippen molar-refractivity contribution in [2.75, 3.05) is 33.2 Å². The van der Waals surface area contributed by atoms with Crippen LogP contribution >= 0.6 is 0 Å². The van der Waals surface area contributed by atoms with Crippen molar-refractivity contribution < 1.29 is 14.6 Å². The lowest BCUT2D eigenvalue weighted by molar-refractivity contribution is -0.0172. The topological polar surface area (TPSA) is 70.8 Å². The summed E-state index contributed by atoms with van der Waals surface area (Å²) in [6.07, 6.45) is 3.58. The van der Waals surface area contributed by atoms with Gasteiger partial charge in [0.15, 0.2) is 0 Å². The monoisotopic (exact) mass is 460 g/mol. The van der Waals surface area contributed by atoms with E-state index < -0.39 is 5.60 Å². The van der Waals surface area contributed by atoms with E-state index in [4.69, 9.17) is 4.74 Å². The average molecular weight is 461 g/mol. The number of aryl methyl sites for hydroxylation is 1. The molecular formula is C27H32N4O3. The molecule has 0 saturated carbocycles. The van der Waals surface area contributed by atoms with Crippen molar-refractivity contribution in [2.45, 2.75) is 37.9 Å². The number of hydrogen-bond acceptors (Lipinski definition) is 5. The number of aromatic nitrogens is 2. The Morgan fingerprint density at radius 1 is 1.06 bits per heavy atom. The number of likely N-dealkylation sites (tertiary alicyclic amines) is 2. The largest absolute Gasteiger partial charge is 0.488 e. The first-order valence-electron chi connectivity index (χ1n) is 12.0. The predicted molar refractivity (Wildman–Crippen MR) is 130 cm³/mol. The molecule has 0 aliphatic carbocycles. The lowest BCUT2D eigenvalue weighted by atomic mass is 9.86. The number of aliphatic hydroxyl groups is 1. The van der Waals surface area contributed by atoms with E-state index in [1.165, 1.54) is 5.56 Å². The third-order valence-electron chi connectivity index (χ3n) is 6.93. The maximum atomic E-state index is 13.0. The van der Waals surface area contributed by atoms with Crippen LogP contribution < -0.4 is 4.74 Å². The fourth-order valence-electron chi connectivity index (χ4n) is 4.79. The zero-order valence-electron chi connectivity index (χ0n) is 19.9. The number of carbonyl (C=O) groups excluding carboxylic acids is 1. The minimum absolute atomic E-state index is 0.00155. The molecule has 2 fully saturated rings. The quantitative estimate of drug-likeness (QED) is 0.612. The third-order valence-corrected chi connectivity index (χ3v) is 6.93. The summed E-state index contributed by atoms with van der Waals surface area (Å²) < 4.78 is 7.81. The molecule has 7 nitrogen and oxygen atoms in total. The van der Waals surface area contributed by atoms with Crippen LogP contribution in [0.2, 0.25) is 0 Å². The molecule has 2 aliphatic rings. The predicted octanol–water partition coefficient (Wildman–Crippen LogP) is 3.08. The molecule has 0 radical (unpaired) electrons. The number of amides is 1. The van der Waals surface area contributed by atoms with Crippen molar-refractivity contribution >= 4 is 5.91 Å². The molecule has 178 valence electrons. The first kappa shape index (κ1) is 22.6. The second-order valence-electron chi connectivity index (χ2n) is 9.75. The molecule has 3 heterocycles. The average Bonchev–Trinajstić information content (AvgIpc) is 3.26. The zero-order chi connectivity index (χ0) is 23.7. The Balaban J connectivity index is 1.18. The van der Waals surface area contributed by atoms with Gasteiger partial charge < -0.3 is 14.7 Å². The van der Waals surface area contributed by atoms with Gasteiger partial charge in [0.1, 0.15) is 11.9 Å². The Labute approximate surface area is 200 Å². The minimum Gasteiger partial charge on any atom is -0.488 e. The molecule has 0 bridgehead atoms. The summed E-state index contributed by atoms with van der Waals surface area (Å²) in [6.45, 7) is 4.98. The number of likely N-dealkylation sites (N-methyl/N-ethyl adjacent to an activating group) is 1. The number of benzene rings is 2. The SMILES string of the molecule is Cc1ccc(-n2nccc2CC2(O)CCN(C(=O)c3ccc(OC4CN(C)C4)cc3)CC2)cc1. The molecule has 3 aromatic rings. The minimum atomic E-state index is -0.854. The third kappa shape index (κ3) is 4.86. The van der Waals surface area contributed by atoms with Gasteiger partial charge in [-0.25, -0.2) is 4.68 Å². The van der Waals surface area contributed by atoms with Gasteiger partial charge in [0.2, 0.25) is 0 Å². The highest BCUT2D eigenvalue weighted by Gasteiger charge is 2.35. The number of hydrogen-bond donors (Lipinski definition) is 1. The maximum Gasteiger partial charge on any atom is 0.253 e. The van der Waals surface area contributed by atoms with Gasteiger partial charge in [0.05, 0.1) is 11.3 Å². The highest BCUT2D eigenvalue weighted by atomic mass is 16.5. The van der Waals surface area contributed by atoms with Crippen LogP contribution in [0.5, 0.6) is 5.75 Å². The van der Waals surface area contributed by atoms with Crippen LogP contribution in [0.3, 0.4) is 0 Å². The first-order chi connectivity index (χ1) is 16.4. The smallest absolute Gasteiger partial charge is 0.253 e. The summed E-state index contributed by atoms with van der Waals surface area (Å²) in [5.74, 6) is 0.800. The van der Waals surface area contributed by atoms with E-state index in [2.05, 4.69) is 36.1 Å². The fraction of sp³-hybridized carbons (Fsp3) is 0.407. The van der Waals surface area contributed by atoms with E-state index in [0.29, 0.717) is 37.9 Å². The molecule has 1 aromatic heterocycles. The summed E-state index contributed by atoms with van der Waals surface area (Å²) in [5, 5.41) is 15.8. The van der Waals surface area contributed by atoms with Crippen LogP contribution in [0, 0.1) is 6.92 Å². The van der Waals surface area contributed by atoms with Crippen molar-refractivity contribution in [3.05, 3.63) is 77.6 Å². The van der Waals surface area contributed by atoms with Gasteiger partial charge in [0, 0.05) is 50.1 Å². The lowest BCUT2D eigenvalue weighted by Crippen LogP contribution is -2.51. The second kappa shape index (κ2) is 9.24. The van der Waals surface area contributed by atoms with Gasteiger partial charge in [0.25, 0.3) is 5.91 Å². The molecule has 2 aromatic carbocycles. The van der Waals surface area contributed by atoms with Crippen LogP contribution in [0.1, 0.15) is 34.5 Å². The van der Waals surface area contributed by atoms with Crippen LogP contribution in [-0.2, 0) is 6.42 Å². The van der Waals surface area contributed by atoms with Crippen LogP contribution in [-0.4, -0.2) is 75.5 Å². The molecule has 2 saturated heterocycles. The molecule has 0 spiro atoms. The highest BCUT2D eigenvalue weighted by molar-refractivity contribution is 5.94. The van der Waals surface area contributed by atoms with Gasteiger partial charge in [-0.3, -0.25) is 9.69 Å². The van der Waals surface area contributed by atoms with Crippen molar-refractivity contribution in [1.82, 2.24) is 19.6 Å². The standard InChI is InChI=1S/C27H32N4O3/c1-20-3-7-22(8-4-20)31-23(11-14-28-31)17-27(33)12-15-30(16-13-27)26(32)21-5-9-24(10-6-21)34-25-18-29(2)19-25/h3-11,14,25,33H,12-13,15-19H2,1-2H3. The summed E-state index contributed by atoms with van der Waals surface area (Å²) in [5.41, 5.74) is 2.95. The van der Waals surface area contributed by atoms with Crippen LogP contribution in [0.15, 0.2) is 60.8 Å². The molecule has 0 atom stereocenters. The Hall–Kier alpha value is -3.16. The summed E-state index contributed by atoms with van der Waals surface area (Å²) in [7, 11) is 2.07. The molecular weight excluding hydrogens is 428 g/mol. The van der Waals surface area contributed by atoms with Crippen molar-refractivity contribution in [3.63, 3.8) is 0 Å². The maximum absolute atomic E-state index is 13.0. The van der Waals surface area contributed by atoms with E-state index in [9.17, 15) is 9.90 Å². The molecule has 2 aliphatic heterocycles. The number of ether oxygens (including phenoxy) is 1. The fourth-order valence-corrected chi connectivity index (χ4v) is 4.79. The Bertz CT molecular complexity index is 1130. The molecule has 5 rings (SSSR count). The van der Waals surface area contributed by atoms with Gasteiger partial charge in [-0.2, -0.15) is 5.10 Å². The number of rotatable bonds is 6. The van der Waals surface area contributed by atoms with Crippen LogP contribution in [0.25, 0.3) is 5.69 Å². The first-order valence-corrected chi connectivity index (χ1v) is 12.0. The highest BCUT2D eigenvalue weighted by Crippen LogP contribution is 2.28. The Morgan fingerprint density at radius 3 is 2.38 bits per heavy atom. The summed E-state index contributed by atoms with van der Waals surface area (Å²) in [6, 6.07) is 17.6. The molecule has 0 unspecified atom stereocenters. The van der Waals surface area contributed by atoms with E-state index >= 15 is 0 Å². The van der Waals surface area contributed by atoms with E-state index in [0.717, 1.165) is 30.2 Å². The van der Waals surface area contributed by atoms with Gasteiger partial charge in [-0.15, -0.1) is 0 Å². The molecule has 7 heteroatoms. The van der Waals surface area contributed by atoms with Crippen molar-refractivity contribution in [2.24, 2.45) is 0 Å². The summed E-state index contributed by atoms with van der Waals surface area (Å²) in [4.78, 5) is 17.1. The van der Waals surface area contributed by atoms with Gasteiger partial charge in [-0.05, 0) is 69.3 Å². The lowest BCUT2D eigenvalue weighted by Gasteiger charge is -2.38. The number of carbonyl (C=O) groups is 1. The summed E-state index contributed by atoms with van der Waals surface area (Å²) >= 11 is 0. The molecule has 1 N–H and O–H groups in total. The second-order valence-corrected chi connectivity index (χ2v) is 9.75. The van der Waals surface area contributed by atoms with Crippen molar-refractivity contribution in [1.29, 1.82) is 0 Å². The van der Waals surface area contributed by atoms with E-state index in [-0.39, 0.29) is 12.0 Å². The molecule has 1 amide bonds. The van der Waals surface area contributed by atoms with E-state index in [1.54, 1.807) is 6.20 Å². The Kier molecular flexibility index (Phi) is 6.15. The van der Waals surface area contributed by atoms with Gasteiger partial charge in [-0.1, -0.05) is 17.7 Å². The number of piperidine rings is 1. The number of nitrogens with zero attached hydrogens (tertiary/aromatic N) is 4. The van der Waals surface area contributed by atoms with Gasteiger partial charge >= 0.3 is 0 Å². The Morgan fingerprint density at radius 2 is 1.74 bits per heavy atom. The van der Waals surface area contributed by atoms with Crippen molar-refractivity contribution in [3.8, 4) is 11.4 Å². The van der Waals surface area contributed by atoms with E-state index in [1.807, 2.05) is 52.0 Å².